The molecule has 20 heavy (non-hydrogen) atoms. The van der Waals surface area contributed by atoms with Gasteiger partial charge in [-0.05, 0) is 31.0 Å². The lowest BCUT2D eigenvalue weighted by Gasteiger charge is -2.27. The van der Waals surface area contributed by atoms with Gasteiger partial charge in [0, 0.05) is 23.2 Å². The maximum absolute atomic E-state index is 13.1. The Balaban J connectivity index is 2.03. The van der Waals surface area contributed by atoms with Crippen molar-refractivity contribution in [1.82, 2.24) is 0 Å². The zero-order valence-electron chi connectivity index (χ0n) is 11.1. The largest absolute Gasteiger partial charge is 0.495 e. The van der Waals surface area contributed by atoms with Crippen molar-refractivity contribution < 1.29 is 18.3 Å². The summed E-state index contributed by atoms with van der Waals surface area (Å²) in [5, 5.41) is 2.76. The van der Waals surface area contributed by atoms with Crippen LogP contribution < -0.4 is 10.1 Å². The maximum Gasteiger partial charge on any atom is 0.248 e. The summed E-state index contributed by atoms with van der Waals surface area (Å²) >= 11 is 3.32. The summed E-state index contributed by atoms with van der Waals surface area (Å²) < 4.78 is 32.1. The topological polar surface area (TPSA) is 38.3 Å². The van der Waals surface area contributed by atoms with E-state index in [0.29, 0.717) is 11.4 Å². The predicted octanol–water partition coefficient (Wildman–Crippen LogP) is 4.22. The van der Waals surface area contributed by atoms with Gasteiger partial charge in [-0.15, -0.1) is 0 Å². The number of hydrogen-bond acceptors (Lipinski definition) is 2. The normalized spacial score (nSPS) is 18.6. The van der Waals surface area contributed by atoms with E-state index in [4.69, 9.17) is 4.74 Å². The number of amides is 1. The minimum atomic E-state index is -2.62. The van der Waals surface area contributed by atoms with Gasteiger partial charge in [0.25, 0.3) is 0 Å². The van der Waals surface area contributed by atoms with Crippen LogP contribution in [0.4, 0.5) is 14.5 Å². The summed E-state index contributed by atoms with van der Waals surface area (Å²) in [6.07, 6.45) is -0.00822. The number of alkyl halides is 2. The molecule has 2 rings (SSSR count). The van der Waals surface area contributed by atoms with Crippen LogP contribution in [-0.2, 0) is 4.79 Å². The van der Waals surface area contributed by atoms with Crippen molar-refractivity contribution in [1.29, 1.82) is 0 Å². The second-order valence-corrected chi connectivity index (χ2v) is 5.88. The van der Waals surface area contributed by atoms with Gasteiger partial charge in [-0.3, -0.25) is 4.79 Å². The van der Waals surface area contributed by atoms with Crippen LogP contribution in [0.3, 0.4) is 0 Å². The molecule has 1 fully saturated rings. The molecule has 1 aromatic rings. The van der Waals surface area contributed by atoms with E-state index in [0.717, 1.165) is 4.47 Å². The Morgan fingerprint density at radius 1 is 1.40 bits per heavy atom. The lowest BCUT2D eigenvalue weighted by molar-refractivity contribution is -0.124. The van der Waals surface area contributed by atoms with Crippen LogP contribution in [0, 0.1) is 5.92 Å². The first-order chi connectivity index (χ1) is 9.41. The van der Waals surface area contributed by atoms with Gasteiger partial charge in [0.15, 0.2) is 0 Å². The molecule has 1 amide bonds. The van der Waals surface area contributed by atoms with E-state index in [1.54, 1.807) is 18.2 Å². The van der Waals surface area contributed by atoms with Crippen molar-refractivity contribution >= 4 is 27.5 Å². The number of methoxy groups -OCH3 is 1. The molecular formula is C14H16BrF2NO2. The van der Waals surface area contributed by atoms with Gasteiger partial charge in [0.05, 0.1) is 12.8 Å². The predicted molar refractivity (Wildman–Crippen MR) is 76.2 cm³/mol. The van der Waals surface area contributed by atoms with Crippen LogP contribution in [0.25, 0.3) is 0 Å². The zero-order valence-corrected chi connectivity index (χ0v) is 12.7. The molecule has 1 saturated carbocycles. The molecule has 0 unspecified atom stereocenters. The molecular weight excluding hydrogens is 332 g/mol. The SMILES string of the molecule is COc1ccc(Br)cc1NC(=O)C1CCC(F)(F)CC1. The number of benzene rings is 1. The average molecular weight is 348 g/mol. The van der Waals surface area contributed by atoms with E-state index in [1.165, 1.54) is 7.11 Å². The quantitative estimate of drug-likeness (QED) is 0.888. The monoisotopic (exact) mass is 347 g/mol. The highest BCUT2D eigenvalue weighted by Gasteiger charge is 2.37. The van der Waals surface area contributed by atoms with E-state index >= 15 is 0 Å². The standard InChI is InChI=1S/C14H16BrF2NO2/c1-20-12-3-2-10(15)8-11(12)18-13(19)9-4-6-14(16,17)7-5-9/h2-3,8-9H,4-7H2,1H3,(H,18,19). The third-order valence-electron chi connectivity index (χ3n) is 3.51. The van der Waals surface area contributed by atoms with E-state index in [1.807, 2.05) is 0 Å². The lowest BCUT2D eigenvalue weighted by atomic mass is 9.86. The molecule has 0 aliphatic heterocycles. The molecule has 0 spiro atoms. The number of rotatable bonds is 3. The first-order valence-corrected chi connectivity index (χ1v) is 7.23. The Hall–Kier alpha value is -1.17. The van der Waals surface area contributed by atoms with Crippen molar-refractivity contribution in [2.75, 3.05) is 12.4 Å². The van der Waals surface area contributed by atoms with Crippen LogP contribution in [0.5, 0.6) is 5.75 Å². The Labute approximate surface area is 124 Å². The number of nitrogens with one attached hydrogen (secondary N) is 1. The molecule has 1 aliphatic carbocycles. The molecule has 1 aliphatic rings. The summed E-state index contributed by atoms with van der Waals surface area (Å²) in [6, 6.07) is 5.26. The van der Waals surface area contributed by atoms with Crippen LogP contribution in [-0.4, -0.2) is 18.9 Å². The molecule has 0 atom stereocenters. The van der Waals surface area contributed by atoms with E-state index in [2.05, 4.69) is 21.2 Å². The van der Waals surface area contributed by atoms with Gasteiger partial charge in [0.1, 0.15) is 5.75 Å². The fraction of sp³-hybridized carbons (Fsp3) is 0.500. The Morgan fingerprint density at radius 3 is 2.65 bits per heavy atom. The number of hydrogen-bond donors (Lipinski definition) is 1. The Morgan fingerprint density at radius 2 is 2.05 bits per heavy atom. The van der Waals surface area contributed by atoms with Crippen molar-refractivity contribution in [3.63, 3.8) is 0 Å². The minimum Gasteiger partial charge on any atom is -0.495 e. The first kappa shape index (κ1) is 15.2. The molecule has 1 N–H and O–H groups in total. The van der Waals surface area contributed by atoms with E-state index in [-0.39, 0.29) is 37.5 Å². The second kappa shape index (κ2) is 6.08. The molecule has 0 aromatic heterocycles. The number of ether oxygens (including phenoxy) is 1. The van der Waals surface area contributed by atoms with Gasteiger partial charge in [-0.2, -0.15) is 0 Å². The fourth-order valence-electron chi connectivity index (χ4n) is 2.32. The van der Waals surface area contributed by atoms with Crippen molar-refractivity contribution in [2.45, 2.75) is 31.6 Å². The third kappa shape index (κ3) is 3.69. The van der Waals surface area contributed by atoms with Crippen LogP contribution in [0.1, 0.15) is 25.7 Å². The third-order valence-corrected chi connectivity index (χ3v) is 4.00. The summed E-state index contributed by atoms with van der Waals surface area (Å²) in [5.74, 6) is -2.66. The fourth-order valence-corrected chi connectivity index (χ4v) is 2.68. The zero-order chi connectivity index (χ0) is 14.8. The number of carbonyl (C=O) groups excluding carboxylic acids is 1. The number of anilines is 1. The van der Waals surface area contributed by atoms with E-state index < -0.39 is 5.92 Å². The second-order valence-electron chi connectivity index (χ2n) is 4.96. The van der Waals surface area contributed by atoms with Crippen molar-refractivity contribution in [2.24, 2.45) is 5.92 Å². The summed E-state index contributed by atoms with van der Waals surface area (Å²) in [6.45, 7) is 0. The van der Waals surface area contributed by atoms with Gasteiger partial charge in [0.2, 0.25) is 11.8 Å². The van der Waals surface area contributed by atoms with Crippen molar-refractivity contribution in [3.8, 4) is 5.75 Å². The molecule has 6 heteroatoms. The highest BCUT2D eigenvalue weighted by atomic mass is 79.9. The van der Waals surface area contributed by atoms with Gasteiger partial charge < -0.3 is 10.1 Å². The molecule has 0 heterocycles. The van der Waals surface area contributed by atoms with Gasteiger partial charge >= 0.3 is 0 Å². The molecule has 0 saturated heterocycles. The number of halogens is 3. The summed E-state index contributed by atoms with van der Waals surface area (Å²) in [7, 11) is 1.51. The maximum atomic E-state index is 13.1. The summed E-state index contributed by atoms with van der Waals surface area (Å²) in [5.41, 5.74) is 0.546. The van der Waals surface area contributed by atoms with Gasteiger partial charge in [-0.25, -0.2) is 8.78 Å². The highest BCUT2D eigenvalue weighted by molar-refractivity contribution is 9.10. The molecule has 110 valence electrons. The smallest absolute Gasteiger partial charge is 0.248 e. The average Bonchev–Trinajstić information content (AvgIpc) is 2.38. The minimum absolute atomic E-state index is 0.217. The number of carbonyl (C=O) groups is 1. The molecule has 0 radical (unpaired) electrons. The summed E-state index contributed by atoms with van der Waals surface area (Å²) in [4.78, 5) is 12.1. The van der Waals surface area contributed by atoms with Crippen LogP contribution in [0.2, 0.25) is 0 Å². The van der Waals surface area contributed by atoms with Crippen LogP contribution >= 0.6 is 15.9 Å². The van der Waals surface area contributed by atoms with Gasteiger partial charge in [-0.1, -0.05) is 15.9 Å². The van der Waals surface area contributed by atoms with E-state index in [9.17, 15) is 13.6 Å². The van der Waals surface area contributed by atoms with Crippen LogP contribution in [0.15, 0.2) is 22.7 Å². The first-order valence-electron chi connectivity index (χ1n) is 6.43. The molecule has 1 aromatic carbocycles. The molecule has 0 bridgehead atoms. The van der Waals surface area contributed by atoms with Crippen molar-refractivity contribution in [3.05, 3.63) is 22.7 Å². The Kier molecular flexibility index (Phi) is 4.62. The lowest BCUT2D eigenvalue weighted by Crippen LogP contribution is -2.31. The Bertz CT molecular complexity index is 498. The molecule has 3 nitrogen and oxygen atoms in total. The highest BCUT2D eigenvalue weighted by Crippen LogP contribution is 2.37.